The largest absolute Gasteiger partial charge is 0.491 e. The normalized spacial score (nSPS) is 13.5. The zero-order chi connectivity index (χ0) is 14.8. The summed E-state index contributed by atoms with van der Waals surface area (Å²) in [6.45, 7) is 1.01. The Balaban J connectivity index is 2.22. The van der Waals surface area contributed by atoms with E-state index in [-0.39, 0.29) is 13.2 Å². The van der Waals surface area contributed by atoms with Crippen LogP contribution in [-0.2, 0) is 4.74 Å². The van der Waals surface area contributed by atoms with Gasteiger partial charge in [-0.25, -0.2) is 0 Å². The highest BCUT2D eigenvalue weighted by Gasteiger charge is 2.07. The molecule has 1 rings (SSSR count). The van der Waals surface area contributed by atoms with E-state index in [1.54, 1.807) is 24.3 Å². The molecule has 6 nitrogen and oxygen atoms in total. The first-order valence-corrected chi connectivity index (χ1v) is 6.34. The fourth-order valence-corrected chi connectivity index (χ4v) is 1.57. The van der Waals surface area contributed by atoms with Crippen LogP contribution in [0.4, 0.5) is 0 Å². The first kappa shape index (κ1) is 16.4. The quantitative estimate of drug-likeness (QED) is 0.584. The Bertz CT molecular complexity index is 433. The standard InChI is InChI=1S/C14H20N2O4/c1-19-9-12(17)7-16-8-13(18)10-20-14-4-2-3-11(5-14)6-15/h2-5,12-13,16-18H,7-10H2,1H3. The first-order valence-electron chi connectivity index (χ1n) is 6.34. The molecule has 2 unspecified atom stereocenters. The average Bonchev–Trinajstić information content (AvgIpc) is 2.45. The molecule has 20 heavy (non-hydrogen) atoms. The Kier molecular flexibility index (Phi) is 7.62. The molecule has 0 amide bonds. The molecule has 0 radical (unpaired) electrons. The van der Waals surface area contributed by atoms with Gasteiger partial charge in [0.05, 0.1) is 24.3 Å². The molecule has 6 heteroatoms. The third-order valence-electron chi connectivity index (χ3n) is 2.52. The lowest BCUT2D eigenvalue weighted by atomic mass is 10.2. The molecule has 0 aliphatic rings. The van der Waals surface area contributed by atoms with Crippen molar-refractivity contribution in [2.45, 2.75) is 12.2 Å². The lowest BCUT2D eigenvalue weighted by Gasteiger charge is -2.15. The fraction of sp³-hybridized carbons (Fsp3) is 0.500. The van der Waals surface area contributed by atoms with E-state index in [2.05, 4.69) is 5.32 Å². The number of hydrogen-bond donors (Lipinski definition) is 3. The molecule has 0 aliphatic heterocycles. The van der Waals surface area contributed by atoms with Gasteiger partial charge in [0.1, 0.15) is 18.5 Å². The van der Waals surface area contributed by atoms with Crippen molar-refractivity contribution in [2.24, 2.45) is 0 Å². The third-order valence-corrected chi connectivity index (χ3v) is 2.52. The predicted molar refractivity (Wildman–Crippen MR) is 73.4 cm³/mol. The van der Waals surface area contributed by atoms with Crippen LogP contribution in [0.1, 0.15) is 5.56 Å². The van der Waals surface area contributed by atoms with Gasteiger partial charge in [-0.1, -0.05) is 6.07 Å². The average molecular weight is 280 g/mol. The Morgan fingerprint density at radius 1 is 1.25 bits per heavy atom. The number of aliphatic hydroxyl groups excluding tert-OH is 2. The van der Waals surface area contributed by atoms with Crippen LogP contribution in [0.15, 0.2) is 24.3 Å². The maximum Gasteiger partial charge on any atom is 0.120 e. The fourth-order valence-electron chi connectivity index (χ4n) is 1.57. The number of hydrogen-bond acceptors (Lipinski definition) is 6. The van der Waals surface area contributed by atoms with Crippen LogP contribution in [0.3, 0.4) is 0 Å². The Labute approximate surface area is 118 Å². The van der Waals surface area contributed by atoms with E-state index in [1.807, 2.05) is 6.07 Å². The van der Waals surface area contributed by atoms with Crippen molar-refractivity contribution in [3.05, 3.63) is 29.8 Å². The van der Waals surface area contributed by atoms with Gasteiger partial charge < -0.3 is 25.0 Å². The van der Waals surface area contributed by atoms with Gasteiger partial charge in [-0.15, -0.1) is 0 Å². The van der Waals surface area contributed by atoms with Crippen molar-refractivity contribution < 1.29 is 19.7 Å². The van der Waals surface area contributed by atoms with Crippen LogP contribution in [0.25, 0.3) is 0 Å². The molecular formula is C14H20N2O4. The molecule has 0 spiro atoms. The van der Waals surface area contributed by atoms with Gasteiger partial charge in [0.2, 0.25) is 0 Å². The van der Waals surface area contributed by atoms with Crippen molar-refractivity contribution in [1.82, 2.24) is 5.32 Å². The van der Waals surface area contributed by atoms with Crippen molar-refractivity contribution in [1.29, 1.82) is 5.26 Å². The molecule has 2 atom stereocenters. The molecule has 0 saturated heterocycles. The predicted octanol–water partition coefficient (Wildman–Crippen LogP) is -0.105. The van der Waals surface area contributed by atoms with E-state index < -0.39 is 12.2 Å². The van der Waals surface area contributed by atoms with E-state index >= 15 is 0 Å². The molecule has 0 aliphatic carbocycles. The molecule has 1 aromatic rings. The molecule has 0 bridgehead atoms. The minimum Gasteiger partial charge on any atom is -0.491 e. The van der Waals surface area contributed by atoms with E-state index in [0.717, 1.165) is 0 Å². The Morgan fingerprint density at radius 2 is 1.95 bits per heavy atom. The van der Waals surface area contributed by atoms with E-state index in [0.29, 0.717) is 24.4 Å². The van der Waals surface area contributed by atoms with Crippen LogP contribution >= 0.6 is 0 Å². The number of aliphatic hydroxyl groups is 2. The van der Waals surface area contributed by atoms with Crippen molar-refractivity contribution in [3.63, 3.8) is 0 Å². The minimum absolute atomic E-state index is 0.113. The van der Waals surface area contributed by atoms with Crippen molar-refractivity contribution in [2.75, 3.05) is 33.4 Å². The van der Waals surface area contributed by atoms with Crippen LogP contribution in [0.5, 0.6) is 5.75 Å². The van der Waals surface area contributed by atoms with Gasteiger partial charge in [0.15, 0.2) is 0 Å². The number of rotatable bonds is 9. The SMILES string of the molecule is COCC(O)CNCC(O)COc1cccc(C#N)c1. The van der Waals surface area contributed by atoms with Gasteiger partial charge >= 0.3 is 0 Å². The molecule has 0 saturated carbocycles. The number of nitrogens with one attached hydrogen (secondary N) is 1. The number of benzene rings is 1. The summed E-state index contributed by atoms with van der Waals surface area (Å²) in [5, 5.41) is 30.8. The summed E-state index contributed by atoms with van der Waals surface area (Å²) in [4.78, 5) is 0. The maximum atomic E-state index is 9.71. The second-order valence-electron chi connectivity index (χ2n) is 4.37. The molecule has 3 N–H and O–H groups in total. The molecule has 0 aromatic heterocycles. The third kappa shape index (κ3) is 6.50. The summed E-state index contributed by atoms with van der Waals surface area (Å²) < 4.78 is 10.2. The second-order valence-corrected chi connectivity index (χ2v) is 4.37. The number of nitrogens with zero attached hydrogens (tertiary/aromatic N) is 1. The van der Waals surface area contributed by atoms with Crippen LogP contribution in [0.2, 0.25) is 0 Å². The summed E-state index contributed by atoms with van der Waals surface area (Å²) in [6.07, 6.45) is -1.30. The van der Waals surface area contributed by atoms with Crippen molar-refractivity contribution >= 4 is 0 Å². The first-order chi connectivity index (χ1) is 9.65. The lowest BCUT2D eigenvalue weighted by molar-refractivity contribution is 0.0582. The zero-order valence-corrected chi connectivity index (χ0v) is 11.5. The number of nitriles is 1. The maximum absolute atomic E-state index is 9.71. The summed E-state index contributed by atoms with van der Waals surface area (Å²) in [5.74, 6) is 0.544. The Morgan fingerprint density at radius 3 is 2.60 bits per heavy atom. The van der Waals surface area contributed by atoms with E-state index in [9.17, 15) is 10.2 Å². The topological polar surface area (TPSA) is 94.7 Å². The van der Waals surface area contributed by atoms with Gasteiger partial charge in [-0.05, 0) is 18.2 Å². The zero-order valence-electron chi connectivity index (χ0n) is 11.5. The van der Waals surface area contributed by atoms with Gasteiger partial charge in [-0.2, -0.15) is 5.26 Å². The van der Waals surface area contributed by atoms with E-state index in [4.69, 9.17) is 14.7 Å². The molecule has 110 valence electrons. The van der Waals surface area contributed by atoms with Gasteiger partial charge in [0, 0.05) is 20.2 Å². The molecular weight excluding hydrogens is 260 g/mol. The Hall–Kier alpha value is -1.65. The minimum atomic E-state index is -0.699. The summed E-state index contributed by atoms with van der Waals surface area (Å²) in [7, 11) is 1.52. The van der Waals surface area contributed by atoms with Crippen molar-refractivity contribution in [3.8, 4) is 11.8 Å². The molecule has 1 aromatic carbocycles. The second kappa shape index (κ2) is 9.28. The van der Waals surface area contributed by atoms with E-state index in [1.165, 1.54) is 7.11 Å². The highest BCUT2D eigenvalue weighted by atomic mass is 16.5. The van der Waals surface area contributed by atoms with Gasteiger partial charge in [0.25, 0.3) is 0 Å². The summed E-state index contributed by atoms with van der Waals surface area (Å²) in [6, 6.07) is 8.76. The monoisotopic (exact) mass is 280 g/mol. The molecule has 0 heterocycles. The highest BCUT2D eigenvalue weighted by Crippen LogP contribution is 2.12. The van der Waals surface area contributed by atoms with Crippen LogP contribution in [-0.4, -0.2) is 55.8 Å². The molecule has 0 fully saturated rings. The highest BCUT2D eigenvalue weighted by molar-refractivity contribution is 5.36. The smallest absolute Gasteiger partial charge is 0.120 e. The lowest BCUT2D eigenvalue weighted by Crippen LogP contribution is -2.37. The number of ether oxygens (including phenoxy) is 2. The van der Waals surface area contributed by atoms with Gasteiger partial charge in [-0.3, -0.25) is 0 Å². The number of methoxy groups -OCH3 is 1. The summed E-state index contributed by atoms with van der Waals surface area (Å²) in [5.41, 5.74) is 0.512. The van der Waals surface area contributed by atoms with Crippen LogP contribution < -0.4 is 10.1 Å². The van der Waals surface area contributed by atoms with Crippen LogP contribution in [0, 0.1) is 11.3 Å². The summed E-state index contributed by atoms with van der Waals surface area (Å²) >= 11 is 0.